The number of ether oxygens (including phenoxy) is 1. The van der Waals surface area contributed by atoms with Crippen molar-refractivity contribution < 1.29 is 9.53 Å². The number of carbonyl (C=O) groups excluding carboxylic acids is 1. The summed E-state index contributed by atoms with van der Waals surface area (Å²) in [5.74, 6) is 0.941. The topological polar surface area (TPSA) is 32.8 Å². The number of rotatable bonds is 6. The highest BCUT2D eigenvalue weighted by Crippen LogP contribution is 2.23. The first-order valence-electron chi connectivity index (χ1n) is 11.1. The third-order valence-corrected chi connectivity index (χ3v) is 6.57. The van der Waals surface area contributed by atoms with E-state index in [2.05, 4.69) is 24.0 Å². The largest absolute Gasteiger partial charge is 0.489 e. The summed E-state index contributed by atoms with van der Waals surface area (Å²) >= 11 is 12.3. The Balaban J connectivity index is 1.33. The van der Waals surface area contributed by atoms with E-state index < -0.39 is 0 Å². The number of hydrogen-bond donors (Lipinski definition) is 0. The molecule has 0 aromatic heterocycles. The van der Waals surface area contributed by atoms with Crippen LogP contribution in [0.25, 0.3) is 0 Å². The SMILES string of the molecule is Cc1ccc(C)c(OCc2cccc(C(=O)N3CCN(Cc4ccc(Cl)cc4Cl)CC3)c2)c1. The number of piperazine rings is 1. The Hall–Kier alpha value is -2.53. The summed E-state index contributed by atoms with van der Waals surface area (Å²) in [6.07, 6.45) is 0. The smallest absolute Gasteiger partial charge is 0.253 e. The Labute approximate surface area is 205 Å². The van der Waals surface area contributed by atoms with Crippen molar-refractivity contribution in [1.82, 2.24) is 9.80 Å². The van der Waals surface area contributed by atoms with Crippen LogP contribution in [0.1, 0.15) is 32.6 Å². The first-order chi connectivity index (χ1) is 15.9. The van der Waals surface area contributed by atoms with Crippen molar-refractivity contribution in [3.05, 3.63) is 98.5 Å². The third kappa shape index (κ3) is 6.08. The molecule has 1 aliphatic heterocycles. The maximum Gasteiger partial charge on any atom is 0.253 e. The highest BCUT2D eigenvalue weighted by molar-refractivity contribution is 6.35. The molecule has 0 atom stereocenters. The molecule has 1 fully saturated rings. The van der Waals surface area contributed by atoms with E-state index in [0.29, 0.717) is 35.3 Å². The third-order valence-electron chi connectivity index (χ3n) is 5.98. The van der Waals surface area contributed by atoms with Gasteiger partial charge in [0.15, 0.2) is 0 Å². The zero-order valence-electron chi connectivity index (χ0n) is 19.0. The molecule has 0 N–H and O–H groups in total. The molecule has 4 rings (SSSR count). The average Bonchev–Trinajstić information content (AvgIpc) is 2.82. The quantitative estimate of drug-likeness (QED) is 0.422. The van der Waals surface area contributed by atoms with Gasteiger partial charge in [0.05, 0.1) is 0 Å². The summed E-state index contributed by atoms with van der Waals surface area (Å²) in [4.78, 5) is 17.3. The number of amides is 1. The zero-order chi connectivity index (χ0) is 23.4. The monoisotopic (exact) mass is 482 g/mol. The van der Waals surface area contributed by atoms with Crippen molar-refractivity contribution in [1.29, 1.82) is 0 Å². The molecule has 4 nitrogen and oxygen atoms in total. The Morgan fingerprint density at radius 1 is 0.939 bits per heavy atom. The van der Waals surface area contributed by atoms with Gasteiger partial charge in [0, 0.05) is 48.3 Å². The number of halogens is 2. The van der Waals surface area contributed by atoms with Crippen molar-refractivity contribution in [2.45, 2.75) is 27.0 Å². The van der Waals surface area contributed by atoms with Gasteiger partial charge < -0.3 is 9.64 Å². The number of nitrogens with zero attached hydrogens (tertiary/aromatic N) is 2. The van der Waals surface area contributed by atoms with E-state index in [0.717, 1.165) is 47.6 Å². The maximum absolute atomic E-state index is 13.1. The van der Waals surface area contributed by atoms with E-state index in [-0.39, 0.29) is 5.91 Å². The number of hydrogen-bond acceptors (Lipinski definition) is 3. The Kier molecular flexibility index (Phi) is 7.59. The molecule has 172 valence electrons. The lowest BCUT2D eigenvalue weighted by molar-refractivity contribution is 0.0628. The van der Waals surface area contributed by atoms with E-state index in [4.69, 9.17) is 27.9 Å². The van der Waals surface area contributed by atoms with E-state index in [1.54, 1.807) is 6.07 Å². The fourth-order valence-electron chi connectivity index (χ4n) is 4.00. The lowest BCUT2D eigenvalue weighted by Gasteiger charge is -2.35. The second-order valence-electron chi connectivity index (χ2n) is 8.56. The minimum absolute atomic E-state index is 0.0627. The minimum Gasteiger partial charge on any atom is -0.489 e. The summed E-state index contributed by atoms with van der Waals surface area (Å²) in [6, 6.07) is 19.5. The number of carbonyl (C=O) groups is 1. The van der Waals surface area contributed by atoms with E-state index >= 15 is 0 Å². The summed E-state index contributed by atoms with van der Waals surface area (Å²) in [6.45, 7) is 8.26. The fourth-order valence-corrected chi connectivity index (χ4v) is 4.47. The van der Waals surface area contributed by atoms with Gasteiger partial charge in [-0.25, -0.2) is 0 Å². The Bertz CT molecular complexity index is 1140. The summed E-state index contributed by atoms with van der Waals surface area (Å²) < 4.78 is 6.02. The van der Waals surface area contributed by atoms with Crippen LogP contribution in [0.3, 0.4) is 0 Å². The molecular formula is C27H28Cl2N2O2. The number of aryl methyl sites for hydroxylation is 2. The van der Waals surface area contributed by atoms with Crippen LogP contribution in [0.4, 0.5) is 0 Å². The van der Waals surface area contributed by atoms with Gasteiger partial charge in [0.2, 0.25) is 0 Å². The average molecular weight is 483 g/mol. The Morgan fingerprint density at radius 2 is 1.73 bits per heavy atom. The van der Waals surface area contributed by atoms with Gasteiger partial charge in [-0.3, -0.25) is 9.69 Å². The van der Waals surface area contributed by atoms with Gasteiger partial charge in [-0.1, -0.05) is 53.5 Å². The molecule has 0 aliphatic carbocycles. The molecule has 0 unspecified atom stereocenters. The molecule has 0 spiro atoms. The first kappa shape index (κ1) is 23.6. The van der Waals surface area contributed by atoms with E-state index in [1.807, 2.05) is 54.3 Å². The molecule has 1 heterocycles. The molecule has 0 radical (unpaired) electrons. The highest BCUT2D eigenvalue weighted by atomic mass is 35.5. The summed E-state index contributed by atoms with van der Waals surface area (Å²) in [5.41, 5.74) is 5.00. The predicted octanol–water partition coefficient (Wildman–Crippen LogP) is 6.15. The molecule has 6 heteroatoms. The van der Waals surface area contributed by atoms with E-state index in [9.17, 15) is 4.79 Å². The van der Waals surface area contributed by atoms with Crippen LogP contribution >= 0.6 is 23.2 Å². The van der Waals surface area contributed by atoms with Crippen LogP contribution in [0.5, 0.6) is 5.75 Å². The van der Waals surface area contributed by atoms with Crippen LogP contribution in [-0.4, -0.2) is 41.9 Å². The van der Waals surface area contributed by atoms with Crippen molar-refractivity contribution in [2.24, 2.45) is 0 Å². The first-order valence-corrected chi connectivity index (χ1v) is 11.9. The van der Waals surface area contributed by atoms with Crippen LogP contribution in [-0.2, 0) is 13.2 Å². The number of benzene rings is 3. The second kappa shape index (κ2) is 10.6. The normalized spacial score (nSPS) is 14.4. The molecule has 1 amide bonds. The van der Waals surface area contributed by atoms with Crippen LogP contribution < -0.4 is 4.74 Å². The molecule has 0 saturated carbocycles. The zero-order valence-corrected chi connectivity index (χ0v) is 20.5. The standard InChI is InChI=1S/C27H28Cl2N2O2/c1-19-6-7-20(2)26(14-19)33-18-21-4-3-5-22(15-21)27(32)31-12-10-30(11-13-31)17-23-8-9-24(28)16-25(23)29/h3-9,14-16H,10-13,17-18H2,1-2H3. The van der Waals surface area contributed by atoms with Gasteiger partial charge >= 0.3 is 0 Å². The van der Waals surface area contributed by atoms with Gasteiger partial charge in [-0.2, -0.15) is 0 Å². The summed E-state index contributed by atoms with van der Waals surface area (Å²) in [7, 11) is 0. The molecule has 3 aromatic carbocycles. The second-order valence-corrected chi connectivity index (χ2v) is 9.41. The van der Waals surface area contributed by atoms with Gasteiger partial charge in [-0.15, -0.1) is 0 Å². The van der Waals surface area contributed by atoms with Crippen molar-refractivity contribution in [3.8, 4) is 5.75 Å². The van der Waals surface area contributed by atoms with Gasteiger partial charge in [-0.05, 0) is 66.4 Å². The van der Waals surface area contributed by atoms with Crippen molar-refractivity contribution in [2.75, 3.05) is 26.2 Å². The molecule has 0 bridgehead atoms. The van der Waals surface area contributed by atoms with Crippen molar-refractivity contribution in [3.63, 3.8) is 0 Å². The molecule has 1 aliphatic rings. The molecule has 1 saturated heterocycles. The minimum atomic E-state index is 0.0627. The lowest BCUT2D eigenvalue weighted by Crippen LogP contribution is -2.48. The van der Waals surface area contributed by atoms with Crippen LogP contribution in [0, 0.1) is 13.8 Å². The van der Waals surface area contributed by atoms with E-state index in [1.165, 1.54) is 0 Å². The lowest BCUT2D eigenvalue weighted by atomic mass is 10.1. The van der Waals surface area contributed by atoms with Gasteiger partial charge in [0.1, 0.15) is 12.4 Å². The fraction of sp³-hybridized carbons (Fsp3) is 0.296. The highest BCUT2D eigenvalue weighted by Gasteiger charge is 2.23. The molecule has 33 heavy (non-hydrogen) atoms. The summed E-state index contributed by atoms with van der Waals surface area (Å²) in [5, 5.41) is 1.32. The Morgan fingerprint density at radius 3 is 2.48 bits per heavy atom. The van der Waals surface area contributed by atoms with Crippen LogP contribution in [0.2, 0.25) is 10.0 Å². The van der Waals surface area contributed by atoms with Crippen molar-refractivity contribution >= 4 is 29.1 Å². The molecular weight excluding hydrogens is 455 g/mol. The maximum atomic E-state index is 13.1. The molecule has 3 aromatic rings. The van der Waals surface area contributed by atoms with Gasteiger partial charge in [0.25, 0.3) is 5.91 Å². The van der Waals surface area contributed by atoms with Crippen LogP contribution in [0.15, 0.2) is 60.7 Å². The predicted molar refractivity (Wildman–Crippen MR) is 134 cm³/mol.